The van der Waals surface area contributed by atoms with Crippen LogP contribution in [-0.2, 0) is 9.47 Å². The molecule has 1 aliphatic rings. The Morgan fingerprint density at radius 2 is 2.22 bits per heavy atom. The molecule has 52 valence electrons. The summed E-state index contributed by atoms with van der Waals surface area (Å²) in [4.78, 5) is 0. The molecular weight excluding hydrogens is 116 g/mol. The summed E-state index contributed by atoms with van der Waals surface area (Å²) in [5, 5.41) is 0. The summed E-state index contributed by atoms with van der Waals surface area (Å²) in [7, 11) is 0. The van der Waals surface area contributed by atoms with Gasteiger partial charge >= 0.3 is 0 Å². The van der Waals surface area contributed by atoms with Crippen molar-refractivity contribution in [1.29, 1.82) is 0 Å². The summed E-state index contributed by atoms with van der Waals surface area (Å²) < 4.78 is 10.4. The Labute approximate surface area is 55.5 Å². The van der Waals surface area contributed by atoms with E-state index >= 15 is 0 Å². The van der Waals surface area contributed by atoms with E-state index in [0.29, 0.717) is 5.95 Å². The van der Waals surface area contributed by atoms with Crippen molar-refractivity contribution in [3.05, 3.63) is 12.5 Å². The Bertz CT molecular complexity index is 120. The molecule has 1 aliphatic heterocycles. The second-order valence-electron chi connectivity index (χ2n) is 2.26. The van der Waals surface area contributed by atoms with Gasteiger partial charge in [0.05, 0.1) is 0 Å². The Hall–Kier alpha value is -0.660. The van der Waals surface area contributed by atoms with Crippen molar-refractivity contribution in [2.45, 2.75) is 32.5 Å². The molecule has 2 atom stereocenters. The van der Waals surface area contributed by atoms with E-state index in [4.69, 9.17) is 9.47 Å². The number of ether oxygens (including phenoxy) is 2. The van der Waals surface area contributed by atoms with Gasteiger partial charge in [0.25, 0.3) is 5.95 Å². The third-order valence-corrected chi connectivity index (χ3v) is 1.53. The van der Waals surface area contributed by atoms with Gasteiger partial charge in [0.2, 0.25) is 0 Å². The highest BCUT2D eigenvalue weighted by Gasteiger charge is 2.26. The first-order valence-electron chi connectivity index (χ1n) is 3.26. The van der Waals surface area contributed by atoms with E-state index in [-0.39, 0.29) is 12.2 Å². The van der Waals surface area contributed by atoms with Crippen LogP contribution >= 0.6 is 0 Å². The molecule has 2 nitrogen and oxygen atoms in total. The molecule has 0 aromatic carbocycles. The predicted molar refractivity (Wildman–Crippen MR) is 34.9 cm³/mol. The first-order valence-corrected chi connectivity index (χ1v) is 3.26. The van der Waals surface area contributed by atoms with Crippen LogP contribution in [0.1, 0.15) is 20.3 Å². The summed E-state index contributed by atoms with van der Waals surface area (Å²) in [5.74, 6) is 0.467. The minimum Gasteiger partial charge on any atom is -0.459 e. The lowest BCUT2D eigenvalue weighted by Crippen LogP contribution is -2.17. The molecule has 0 N–H and O–H groups in total. The first kappa shape index (κ1) is 6.46. The largest absolute Gasteiger partial charge is 0.459 e. The van der Waals surface area contributed by atoms with Gasteiger partial charge in [0.1, 0.15) is 12.2 Å². The number of hydrogen-bond donors (Lipinski definition) is 0. The molecule has 0 bridgehead atoms. The van der Waals surface area contributed by atoms with Crippen molar-refractivity contribution in [3.8, 4) is 0 Å². The van der Waals surface area contributed by atoms with Gasteiger partial charge in [0.15, 0.2) is 0 Å². The Morgan fingerprint density at radius 1 is 1.56 bits per heavy atom. The summed E-state index contributed by atoms with van der Waals surface area (Å²) in [6, 6.07) is 0. The summed E-state index contributed by atoms with van der Waals surface area (Å²) in [6.45, 7) is 7.62. The smallest absolute Gasteiger partial charge is 0.272 e. The normalized spacial score (nSPS) is 33.8. The Balaban J connectivity index is 2.47. The zero-order valence-electron chi connectivity index (χ0n) is 5.89. The van der Waals surface area contributed by atoms with E-state index < -0.39 is 0 Å². The molecule has 0 aromatic heterocycles. The van der Waals surface area contributed by atoms with Gasteiger partial charge in [-0.15, -0.1) is 0 Å². The molecule has 9 heavy (non-hydrogen) atoms. The summed E-state index contributed by atoms with van der Waals surface area (Å²) in [6.07, 6.45) is 1.39. The minimum absolute atomic E-state index is 0.183. The predicted octanol–water partition coefficient (Wildman–Crippen LogP) is 1.67. The SMILES string of the molecule is C=C1OC(C)C(CC)O1. The average Bonchev–Trinajstić information content (AvgIpc) is 2.10. The van der Waals surface area contributed by atoms with Crippen LogP contribution in [0.2, 0.25) is 0 Å². The molecule has 1 rings (SSSR count). The molecule has 1 fully saturated rings. The monoisotopic (exact) mass is 128 g/mol. The van der Waals surface area contributed by atoms with Crippen LogP contribution < -0.4 is 0 Å². The van der Waals surface area contributed by atoms with Gasteiger partial charge in [-0.25, -0.2) is 0 Å². The lowest BCUT2D eigenvalue weighted by molar-refractivity contribution is 0.142. The highest BCUT2D eigenvalue weighted by molar-refractivity contribution is 4.83. The summed E-state index contributed by atoms with van der Waals surface area (Å²) >= 11 is 0. The molecule has 2 unspecified atom stereocenters. The summed E-state index contributed by atoms with van der Waals surface area (Å²) in [5.41, 5.74) is 0. The van der Waals surface area contributed by atoms with Crippen molar-refractivity contribution in [3.63, 3.8) is 0 Å². The zero-order chi connectivity index (χ0) is 6.85. The maximum Gasteiger partial charge on any atom is 0.272 e. The van der Waals surface area contributed by atoms with Crippen LogP contribution in [0.4, 0.5) is 0 Å². The van der Waals surface area contributed by atoms with Gasteiger partial charge in [-0.2, -0.15) is 0 Å². The topological polar surface area (TPSA) is 18.5 Å². The van der Waals surface area contributed by atoms with E-state index in [1.165, 1.54) is 0 Å². The van der Waals surface area contributed by atoms with Crippen LogP contribution in [0.3, 0.4) is 0 Å². The van der Waals surface area contributed by atoms with Gasteiger partial charge in [-0.1, -0.05) is 6.92 Å². The molecule has 0 radical (unpaired) electrons. The van der Waals surface area contributed by atoms with Gasteiger partial charge in [-0.05, 0) is 19.9 Å². The number of rotatable bonds is 1. The van der Waals surface area contributed by atoms with E-state index in [1.807, 2.05) is 6.92 Å². The molecule has 0 aromatic rings. The third-order valence-electron chi connectivity index (χ3n) is 1.53. The molecule has 2 heteroatoms. The first-order chi connectivity index (χ1) is 4.24. The standard InChI is InChI=1S/C7H12O2/c1-4-7-5(2)8-6(3)9-7/h5,7H,3-4H2,1-2H3. The second kappa shape index (κ2) is 2.29. The average molecular weight is 128 g/mol. The fourth-order valence-corrected chi connectivity index (χ4v) is 0.991. The van der Waals surface area contributed by atoms with Crippen LogP contribution in [0.25, 0.3) is 0 Å². The maximum absolute atomic E-state index is 5.21. The van der Waals surface area contributed by atoms with E-state index in [2.05, 4.69) is 13.5 Å². The van der Waals surface area contributed by atoms with Gasteiger partial charge in [-0.3, -0.25) is 0 Å². The van der Waals surface area contributed by atoms with Crippen LogP contribution in [-0.4, -0.2) is 12.2 Å². The molecule has 0 aliphatic carbocycles. The molecular formula is C7H12O2. The third kappa shape index (κ3) is 1.18. The van der Waals surface area contributed by atoms with Gasteiger partial charge < -0.3 is 9.47 Å². The molecule has 0 amide bonds. The van der Waals surface area contributed by atoms with Crippen molar-refractivity contribution in [2.24, 2.45) is 0 Å². The van der Waals surface area contributed by atoms with Gasteiger partial charge in [0, 0.05) is 0 Å². The fourth-order valence-electron chi connectivity index (χ4n) is 0.991. The van der Waals surface area contributed by atoms with E-state index in [1.54, 1.807) is 0 Å². The molecule has 0 saturated carbocycles. The van der Waals surface area contributed by atoms with E-state index in [0.717, 1.165) is 6.42 Å². The molecule has 1 saturated heterocycles. The Morgan fingerprint density at radius 3 is 2.44 bits per heavy atom. The Kier molecular flexibility index (Phi) is 1.65. The number of hydrogen-bond acceptors (Lipinski definition) is 2. The van der Waals surface area contributed by atoms with Crippen LogP contribution in [0.15, 0.2) is 12.5 Å². The quantitative estimate of drug-likeness (QED) is 0.534. The fraction of sp³-hybridized carbons (Fsp3) is 0.714. The van der Waals surface area contributed by atoms with Crippen molar-refractivity contribution in [2.75, 3.05) is 0 Å². The van der Waals surface area contributed by atoms with Crippen molar-refractivity contribution < 1.29 is 9.47 Å². The van der Waals surface area contributed by atoms with Crippen LogP contribution in [0.5, 0.6) is 0 Å². The lowest BCUT2D eigenvalue weighted by atomic mass is 10.2. The zero-order valence-corrected chi connectivity index (χ0v) is 5.89. The molecule has 0 spiro atoms. The van der Waals surface area contributed by atoms with Crippen molar-refractivity contribution >= 4 is 0 Å². The second-order valence-corrected chi connectivity index (χ2v) is 2.26. The van der Waals surface area contributed by atoms with Crippen molar-refractivity contribution in [1.82, 2.24) is 0 Å². The highest BCUT2D eigenvalue weighted by atomic mass is 16.7. The lowest BCUT2D eigenvalue weighted by Gasteiger charge is -2.06. The molecule has 1 heterocycles. The highest BCUT2D eigenvalue weighted by Crippen LogP contribution is 2.21. The maximum atomic E-state index is 5.21. The van der Waals surface area contributed by atoms with E-state index in [9.17, 15) is 0 Å². The minimum atomic E-state index is 0.183. The van der Waals surface area contributed by atoms with Crippen LogP contribution in [0, 0.1) is 0 Å².